The average Bonchev–Trinajstić information content (AvgIpc) is 3.28. The highest BCUT2D eigenvalue weighted by Crippen LogP contribution is 2.29. The Morgan fingerprint density at radius 3 is 2.55 bits per heavy atom. The Bertz CT molecular complexity index is 1170. The predicted octanol–water partition coefficient (Wildman–Crippen LogP) is 0.310. The van der Waals surface area contributed by atoms with E-state index in [0.717, 1.165) is 13.1 Å². The third-order valence-corrected chi connectivity index (χ3v) is 7.31. The summed E-state index contributed by atoms with van der Waals surface area (Å²) in [5.41, 5.74) is 1.42. The van der Waals surface area contributed by atoms with Crippen LogP contribution in [0, 0.1) is 5.92 Å². The summed E-state index contributed by atoms with van der Waals surface area (Å²) in [4.78, 5) is 57.9. The van der Waals surface area contributed by atoms with Crippen LogP contribution in [0.4, 0.5) is 0 Å². The fraction of sp³-hybridized carbons (Fsp3) is 0.615. The van der Waals surface area contributed by atoms with Crippen molar-refractivity contribution in [2.45, 2.75) is 57.8 Å². The summed E-state index contributed by atoms with van der Waals surface area (Å²) >= 11 is 1.37. The Hall–Kier alpha value is -3.20. The molecule has 2 unspecified atom stereocenters. The lowest BCUT2D eigenvalue weighted by Gasteiger charge is -2.25. The fourth-order valence-electron chi connectivity index (χ4n) is 4.32. The number of amides is 3. The number of carbonyl (C=O) groups excluding carboxylic acids is 4. The second-order valence-corrected chi connectivity index (χ2v) is 11.3. The topological polar surface area (TPSA) is 168 Å². The Balaban J connectivity index is 1.34. The second-order valence-electron chi connectivity index (χ2n) is 10.6. The van der Waals surface area contributed by atoms with Gasteiger partial charge in [-0.15, -0.1) is 11.3 Å². The quantitative estimate of drug-likeness (QED) is 0.266. The fourth-order valence-corrected chi connectivity index (χ4v) is 4.89. The van der Waals surface area contributed by atoms with Crippen molar-refractivity contribution in [1.82, 2.24) is 31.0 Å². The van der Waals surface area contributed by atoms with Gasteiger partial charge >= 0.3 is 0 Å². The van der Waals surface area contributed by atoms with Crippen molar-refractivity contribution in [1.29, 1.82) is 0 Å². The SMILES string of the molecule is CC(C)CC(NC(=O)CNC(=O)C(Cc1cscn1)NC(=O)c1cc(CN2CCOCC2)on1)C(=O)[C@@]1(C)CO1. The Labute approximate surface area is 236 Å². The zero-order valence-corrected chi connectivity index (χ0v) is 23.8. The first-order chi connectivity index (χ1) is 19.1. The Kier molecular flexibility index (Phi) is 10.0. The third-order valence-electron chi connectivity index (χ3n) is 6.67. The summed E-state index contributed by atoms with van der Waals surface area (Å²) in [5, 5.41) is 13.6. The number of morpholine rings is 1. The maximum absolute atomic E-state index is 13.1. The van der Waals surface area contributed by atoms with Crippen molar-refractivity contribution in [2.75, 3.05) is 39.5 Å². The van der Waals surface area contributed by atoms with Gasteiger partial charge in [0.15, 0.2) is 17.2 Å². The van der Waals surface area contributed by atoms with Crippen molar-refractivity contribution in [3.05, 3.63) is 34.1 Å². The highest BCUT2D eigenvalue weighted by molar-refractivity contribution is 7.07. The van der Waals surface area contributed by atoms with Crippen molar-refractivity contribution in [2.24, 2.45) is 5.92 Å². The summed E-state index contributed by atoms with van der Waals surface area (Å²) < 4.78 is 15.9. The lowest BCUT2D eigenvalue weighted by molar-refractivity contribution is -0.131. The maximum Gasteiger partial charge on any atom is 0.274 e. The number of nitrogens with zero attached hydrogens (tertiary/aromatic N) is 3. The number of ether oxygens (including phenoxy) is 2. The zero-order valence-electron chi connectivity index (χ0n) is 22.9. The second kappa shape index (κ2) is 13.4. The van der Waals surface area contributed by atoms with Gasteiger partial charge in [0.2, 0.25) is 11.8 Å². The minimum atomic E-state index is -1.02. The standard InChI is InChI=1S/C26H36N6O7S/c1-16(2)8-19(23(34)26(3)14-38-26)29-22(33)11-27-24(35)20(9-17-13-40-15-28-17)30-25(36)21-10-18(39-31-21)12-32-4-6-37-7-5-32/h10,13,15-16,19-20H,4-9,11-12,14H2,1-3H3,(H,27,35)(H,29,33)(H,30,36)/t19?,20?,26-/m1/s1. The monoisotopic (exact) mass is 576 g/mol. The summed E-state index contributed by atoms with van der Waals surface area (Å²) in [6.07, 6.45) is 0.566. The third kappa shape index (κ3) is 8.40. The van der Waals surface area contributed by atoms with E-state index in [0.29, 0.717) is 44.2 Å². The summed E-state index contributed by atoms with van der Waals surface area (Å²) in [7, 11) is 0. The molecule has 2 aromatic heterocycles. The van der Waals surface area contributed by atoms with Gasteiger partial charge in [-0.25, -0.2) is 4.98 Å². The molecule has 2 aliphatic heterocycles. The van der Waals surface area contributed by atoms with Crippen molar-refractivity contribution in [3.63, 3.8) is 0 Å². The number of thiazole rings is 1. The van der Waals surface area contributed by atoms with Crippen LogP contribution >= 0.6 is 11.3 Å². The molecule has 0 aromatic carbocycles. The highest BCUT2D eigenvalue weighted by Gasteiger charge is 2.50. The molecule has 13 nitrogen and oxygen atoms in total. The van der Waals surface area contributed by atoms with Crippen LogP contribution in [0.3, 0.4) is 0 Å². The number of nitrogens with one attached hydrogen (secondary N) is 3. The van der Waals surface area contributed by atoms with Gasteiger partial charge in [0.25, 0.3) is 5.91 Å². The molecule has 0 spiro atoms. The number of rotatable bonds is 14. The van der Waals surface area contributed by atoms with E-state index in [1.165, 1.54) is 11.3 Å². The molecule has 0 radical (unpaired) electrons. The van der Waals surface area contributed by atoms with E-state index < -0.39 is 35.4 Å². The molecule has 218 valence electrons. The normalized spacial score (nSPS) is 20.5. The number of hydrogen-bond donors (Lipinski definition) is 3. The van der Waals surface area contributed by atoms with Gasteiger partial charge in [-0.3, -0.25) is 24.1 Å². The van der Waals surface area contributed by atoms with Gasteiger partial charge in [0, 0.05) is 31.0 Å². The number of epoxide rings is 1. The lowest BCUT2D eigenvalue weighted by atomic mass is 9.93. The van der Waals surface area contributed by atoms with Crippen LogP contribution in [0.25, 0.3) is 0 Å². The summed E-state index contributed by atoms with van der Waals surface area (Å²) in [5.74, 6) is -1.17. The molecule has 2 aromatic rings. The van der Waals surface area contributed by atoms with Crippen LogP contribution in [0.5, 0.6) is 0 Å². The van der Waals surface area contributed by atoms with Gasteiger partial charge in [0.05, 0.1) is 50.2 Å². The van der Waals surface area contributed by atoms with E-state index in [1.807, 2.05) is 13.8 Å². The molecule has 4 rings (SSSR count). The van der Waals surface area contributed by atoms with E-state index in [4.69, 9.17) is 14.0 Å². The van der Waals surface area contributed by atoms with Crippen LogP contribution < -0.4 is 16.0 Å². The summed E-state index contributed by atoms with van der Waals surface area (Å²) in [6, 6.07) is -0.193. The van der Waals surface area contributed by atoms with Gasteiger partial charge in [-0.1, -0.05) is 19.0 Å². The van der Waals surface area contributed by atoms with E-state index >= 15 is 0 Å². The van der Waals surface area contributed by atoms with E-state index in [9.17, 15) is 19.2 Å². The average molecular weight is 577 g/mol. The zero-order chi connectivity index (χ0) is 28.7. The first kappa shape index (κ1) is 29.8. The smallest absolute Gasteiger partial charge is 0.274 e. The largest absolute Gasteiger partial charge is 0.379 e. The minimum Gasteiger partial charge on any atom is -0.379 e. The summed E-state index contributed by atoms with van der Waals surface area (Å²) in [6.45, 7) is 8.84. The number of hydrogen-bond acceptors (Lipinski definition) is 11. The maximum atomic E-state index is 13.1. The number of aromatic nitrogens is 2. The Morgan fingerprint density at radius 1 is 1.15 bits per heavy atom. The van der Waals surface area contributed by atoms with Crippen LogP contribution in [0.15, 0.2) is 21.5 Å². The van der Waals surface area contributed by atoms with Gasteiger partial charge in [-0.05, 0) is 19.3 Å². The van der Waals surface area contributed by atoms with Crippen LogP contribution in [0.2, 0.25) is 0 Å². The number of ketones is 1. The minimum absolute atomic E-state index is 0.0444. The molecule has 40 heavy (non-hydrogen) atoms. The van der Waals surface area contributed by atoms with Crippen LogP contribution in [0.1, 0.15) is 49.1 Å². The van der Waals surface area contributed by atoms with Gasteiger partial charge in [-0.2, -0.15) is 0 Å². The molecule has 3 amide bonds. The molecular weight excluding hydrogens is 540 g/mol. The molecule has 0 saturated carbocycles. The number of carbonyl (C=O) groups is 4. The molecule has 3 N–H and O–H groups in total. The molecule has 3 atom stereocenters. The molecule has 2 saturated heterocycles. The molecule has 2 fully saturated rings. The Morgan fingerprint density at radius 2 is 1.90 bits per heavy atom. The van der Waals surface area contributed by atoms with E-state index in [-0.39, 0.29) is 30.4 Å². The molecular formula is C26H36N6O7S. The van der Waals surface area contributed by atoms with Crippen LogP contribution in [-0.2, 0) is 36.8 Å². The van der Waals surface area contributed by atoms with Gasteiger partial charge < -0.3 is 29.9 Å². The van der Waals surface area contributed by atoms with E-state index in [1.54, 1.807) is 23.9 Å². The van der Waals surface area contributed by atoms with E-state index in [2.05, 4.69) is 31.0 Å². The van der Waals surface area contributed by atoms with Crippen molar-refractivity contribution < 1.29 is 33.2 Å². The molecule has 0 bridgehead atoms. The highest BCUT2D eigenvalue weighted by atomic mass is 32.1. The molecule has 2 aliphatic rings. The van der Waals surface area contributed by atoms with Gasteiger partial charge in [0.1, 0.15) is 11.6 Å². The first-order valence-corrected chi connectivity index (χ1v) is 14.3. The molecule has 0 aliphatic carbocycles. The molecule has 14 heteroatoms. The first-order valence-electron chi connectivity index (χ1n) is 13.3. The number of Topliss-reactive ketones (excluding diaryl/α,β-unsaturated/α-hetero) is 1. The molecule has 4 heterocycles. The van der Waals surface area contributed by atoms with Crippen molar-refractivity contribution in [3.8, 4) is 0 Å². The van der Waals surface area contributed by atoms with Crippen LogP contribution in [-0.4, -0.2) is 95.7 Å². The lowest BCUT2D eigenvalue weighted by Crippen LogP contribution is -2.52. The predicted molar refractivity (Wildman–Crippen MR) is 143 cm³/mol. The van der Waals surface area contributed by atoms with Crippen molar-refractivity contribution >= 4 is 34.8 Å².